The van der Waals surface area contributed by atoms with Crippen LogP contribution in [0.4, 0.5) is 0 Å². The van der Waals surface area contributed by atoms with Gasteiger partial charge in [-0.15, -0.1) is 0 Å². The van der Waals surface area contributed by atoms with E-state index in [4.69, 9.17) is 0 Å². The fourth-order valence-corrected chi connectivity index (χ4v) is 4.50. The fraction of sp³-hybridized carbons (Fsp3) is 0.0714. The Labute approximate surface area is 166 Å². The van der Waals surface area contributed by atoms with Gasteiger partial charge in [-0.3, -0.25) is 0 Å². The van der Waals surface area contributed by atoms with Gasteiger partial charge in [-0.05, 0) is 68.8 Å². The normalized spacial score (nSPS) is 11.2. The van der Waals surface area contributed by atoms with Gasteiger partial charge in [0.15, 0.2) is 0 Å². The van der Waals surface area contributed by atoms with Crippen LogP contribution in [0.5, 0.6) is 0 Å². The van der Waals surface area contributed by atoms with Crippen LogP contribution in [0, 0.1) is 13.8 Å². The molecule has 0 radical (unpaired) electrons. The molecule has 0 nitrogen and oxygen atoms in total. The third-order valence-electron chi connectivity index (χ3n) is 5.71. The molecule has 0 aliphatic carbocycles. The SMILES string of the molecule is Cc1cccc2c1c(-c1ccccc1)c(-c1ccccc1)c1cccc(C)c12. The first-order valence-corrected chi connectivity index (χ1v) is 9.81. The number of fused-ring (bicyclic) bond motifs is 3. The van der Waals surface area contributed by atoms with Crippen molar-refractivity contribution < 1.29 is 0 Å². The van der Waals surface area contributed by atoms with E-state index in [0.717, 1.165) is 0 Å². The molecule has 0 bridgehead atoms. The zero-order valence-corrected chi connectivity index (χ0v) is 16.2. The molecular weight excluding hydrogens is 336 g/mol. The van der Waals surface area contributed by atoms with Crippen LogP contribution in [0.3, 0.4) is 0 Å². The quantitative estimate of drug-likeness (QED) is 0.281. The monoisotopic (exact) mass is 358 g/mol. The van der Waals surface area contributed by atoms with Crippen LogP contribution < -0.4 is 0 Å². The largest absolute Gasteiger partial charge is 0.0622 e. The van der Waals surface area contributed by atoms with Gasteiger partial charge in [0.05, 0.1) is 0 Å². The third-order valence-corrected chi connectivity index (χ3v) is 5.71. The van der Waals surface area contributed by atoms with E-state index in [-0.39, 0.29) is 0 Å². The number of hydrogen-bond acceptors (Lipinski definition) is 0. The maximum Gasteiger partial charge on any atom is -0.00177 e. The summed E-state index contributed by atoms with van der Waals surface area (Å²) in [5, 5.41) is 5.38. The molecule has 0 aliphatic rings. The molecule has 134 valence electrons. The van der Waals surface area contributed by atoms with Gasteiger partial charge in [0.1, 0.15) is 0 Å². The summed E-state index contributed by atoms with van der Waals surface area (Å²) in [5.74, 6) is 0. The molecule has 0 fully saturated rings. The third kappa shape index (κ3) is 2.53. The molecule has 0 saturated heterocycles. The minimum absolute atomic E-state index is 1.27. The number of hydrogen-bond donors (Lipinski definition) is 0. The van der Waals surface area contributed by atoms with E-state index in [2.05, 4.69) is 111 Å². The van der Waals surface area contributed by atoms with Gasteiger partial charge in [-0.25, -0.2) is 0 Å². The van der Waals surface area contributed by atoms with Crippen molar-refractivity contribution in [1.29, 1.82) is 0 Å². The van der Waals surface area contributed by atoms with Crippen molar-refractivity contribution in [2.75, 3.05) is 0 Å². The molecule has 0 N–H and O–H groups in total. The van der Waals surface area contributed by atoms with Crippen molar-refractivity contribution in [3.8, 4) is 22.3 Å². The van der Waals surface area contributed by atoms with Gasteiger partial charge in [-0.1, -0.05) is 97.1 Å². The highest BCUT2D eigenvalue weighted by molar-refractivity contribution is 6.23. The second-order valence-electron chi connectivity index (χ2n) is 7.48. The molecule has 0 amide bonds. The van der Waals surface area contributed by atoms with Crippen molar-refractivity contribution in [2.24, 2.45) is 0 Å². The zero-order valence-electron chi connectivity index (χ0n) is 16.2. The van der Waals surface area contributed by atoms with Crippen LogP contribution in [-0.2, 0) is 0 Å². The van der Waals surface area contributed by atoms with Crippen LogP contribution in [0.2, 0.25) is 0 Å². The summed E-state index contributed by atoms with van der Waals surface area (Å²) in [4.78, 5) is 0. The average molecular weight is 358 g/mol. The highest BCUT2D eigenvalue weighted by Crippen LogP contribution is 2.46. The van der Waals surface area contributed by atoms with Gasteiger partial charge in [0.25, 0.3) is 0 Å². The molecule has 0 aromatic heterocycles. The lowest BCUT2D eigenvalue weighted by atomic mass is 9.82. The molecule has 0 aliphatic heterocycles. The molecule has 5 aromatic carbocycles. The smallest absolute Gasteiger partial charge is 0.00177 e. The first-order chi connectivity index (χ1) is 13.8. The highest BCUT2D eigenvalue weighted by Gasteiger charge is 2.19. The summed E-state index contributed by atoms with van der Waals surface area (Å²) in [6.45, 7) is 4.45. The van der Waals surface area contributed by atoms with E-state index >= 15 is 0 Å². The van der Waals surface area contributed by atoms with Crippen molar-refractivity contribution in [1.82, 2.24) is 0 Å². The molecule has 28 heavy (non-hydrogen) atoms. The van der Waals surface area contributed by atoms with E-state index in [1.54, 1.807) is 0 Å². The topological polar surface area (TPSA) is 0 Å². The molecule has 0 spiro atoms. The first-order valence-electron chi connectivity index (χ1n) is 9.81. The molecule has 5 rings (SSSR count). The Kier molecular flexibility index (Phi) is 3.98. The van der Waals surface area contributed by atoms with Gasteiger partial charge < -0.3 is 0 Å². The summed E-state index contributed by atoms with van der Waals surface area (Å²) in [5.41, 5.74) is 7.83. The van der Waals surface area contributed by atoms with Crippen molar-refractivity contribution in [3.63, 3.8) is 0 Å². The van der Waals surface area contributed by atoms with Crippen LogP contribution in [0.25, 0.3) is 43.8 Å². The average Bonchev–Trinajstić information content (AvgIpc) is 2.74. The number of rotatable bonds is 2. The Bertz CT molecular complexity index is 1300. The zero-order chi connectivity index (χ0) is 19.1. The molecule has 0 heterocycles. The van der Waals surface area contributed by atoms with Gasteiger partial charge in [0.2, 0.25) is 0 Å². The Morgan fingerprint density at radius 2 is 0.893 bits per heavy atom. The Morgan fingerprint density at radius 3 is 1.50 bits per heavy atom. The minimum Gasteiger partial charge on any atom is -0.0622 e. The first kappa shape index (κ1) is 16.8. The summed E-state index contributed by atoms with van der Waals surface area (Å²) < 4.78 is 0. The van der Waals surface area contributed by atoms with Crippen molar-refractivity contribution >= 4 is 21.5 Å². The maximum absolute atomic E-state index is 2.28. The van der Waals surface area contributed by atoms with Gasteiger partial charge >= 0.3 is 0 Å². The summed E-state index contributed by atoms with van der Waals surface area (Å²) in [7, 11) is 0. The molecule has 0 atom stereocenters. The van der Waals surface area contributed by atoms with E-state index in [9.17, 15) is 0 Å². The molecule has 0 unspecified atom stereocenters. The van der Waals surface area contributed by atoms with Crippen LogP contribution in [-0.4, -0.2) is 0 Å². The fourth-order valence-electron chi connectivity index (χ4n) is 4.50. The Morgan fingerprint density at radius 1 is 0.393 bits per heavy atom. The molecule has 0 heteroatoms. The number of benzene rings is 5. The minimum atomic E-state index is 1.27. The summed E-state index contributed by atoms with van der Waals surface area (Å²) in [6.07, 6.45) is 0. The lowest BCUT2D eigenvalue weighted by molar-refractivity contribution is 1.51. The van der Waals surface area contributed by atoms with Crippen LogP contribution in [0.1, 0.15) is 11.1 Å². The Hall–Kier alpha value is -3.38. The highest BCUT2D eigenvalue weighted by atomic mass is 14.2. The number of aryl methyl sites for hydroxylation is 2. The molecule has 0 saturated carbocycles. The second-order valence-corrected chi connectivity index (χ2v) is 7.48. The van der Waals surface area contributed by atoms with Crippen molar-refractivity contribution in [2.45, 2.75) is 13.8 Å². The van der Waals surface area contributed by atoms with Gasteiger partial charge in [0, 0.05) is 0 Å². The molecule has 5 aromatic rings. The van der Waals surface area contributed by atoms with E-state index < -0.39 is 0 Å². The Balaban J connectivity index is 2.12. The standard InChI is InChI=1S/C28H22/c1-19-11-9-18-24-25(19)23-17-10-12-20(2)26(23)28(22-15-7-4-8-16-22)27(24)21-13-5-3-6-14-21/h3-18H,1-2H3. The lowest BCUT2D eigenvalue weighted by Gasteiger charge is -2.20. The van der Waals surface area contributed by atoms with Crippen LogP contribution >= 0.6 is 0 Å². The maximum atomic E-state index is 2.28. The summed E-state index contributed by atoms with van der Waals surface area (Å²) >= 11 is 0. The lowest BCUT2D eigenvalue weighted by Crippen LogP contribution is -1.94. The van der Waals surface area contributed by atoms with Crippen LogP contribution in [0.15, 0.2) is 97.1 Å². The second kappa shape index (κ2) is 6.65. The molecular formula is C28H22. The summed E-state index contributed by atoms with van der Waals surface area (Å²) in [6, 6.07) is 35.0. The van der Waals surface area contributed by atoms with E-state index in [1.165, 1.54) is 54.9 Å². The predicted octanol–water partition coefficient (Wildman–Crippen LogP) is 7.94. The van der Waals surface area contributed by atoms with E-state index in [0.29, 0.717) is 0 Å². The predicted molar refractivity (Wildman–Crippen MR) is 122 cm³/mol. The van der Waals surface area contributed by atoms with Crippen molar-refractivity contribution in [3.05, 3.63) is 108 Å². The van der Waals surface area contributed by atoms with Gasteiger partial charge in [-0.2, -0.15) is 0 Å². The van der Waals surface area contributed by atoms with E-state index in [1.807, 2.05) is 0 Å².